The van der Waals surface area contributed by atoms with Gasteiger partial charge in [-0.3, -0.25) is 9.59 Å². The minimum Gasteiger partial charge on any atom is -0.496 e. The van der Waals surface area contributed by atoms with E-state index < -0.39 is 11.8 Å². The number of carbonyl (C=O) groups excluding carboxylic acids is 2. The summed E-state index contributed by atoms with van der Waals surface area (Å²) in [6.45, 7) is 3.75. The minimum absolute atomic E-state index is 0.219. The van der Waals surface area contributed by atoms with E-state index in [9.17, 15) is 9.59 Å². The Balaban J connectivity index is 1.87. The summed E-state index contributed by atoms with van der Waals surface area (Å²) in [5.74, 6) is 0.193. The second kappa shape index (κ2) is 10.4. The van der Waals surface area contributed by atoms with Crippen LogP contribution in [0.5, 0.6) is 11.5 Å². The molecule has 0 bridgehead atoms. The molecule has 2 aromatic carbocycles. The van der Waals surface area contributed by atoms with Crippen molar-refractivity contribution in [3.05, 3.63) is 72.3 Å². The highest BCUT2D eigenvalue weighted by atomic mass is 16.5. The Hall–Kier alpha value is -3.61. The van der Waals surface area contributed by atoms with Gasteiger partial charge in [0.15, 0.2) is 0 Å². The molecule has 0 radical (unpaired) electrons. The van der Waals surface area contributed by atoms with Crippen LogP contribution in [0, 0.1) is 0 Å². The van der Waals surface area contributed by atoms with E-state index in [0.717, 1.165) is 0 Å². The van der Waals surface area contributed by atoms with Crippen LogP contribution < -0.4 is 20.2 Å². The van der Waals surface area contributed by atoms with Gasteiger partial charge in [0.1, 0.15) is 18.1 Å². The molecule has 0 aromatic heterocycles. The molecule has 0 aliphatic rings. The van der Waals surface area contributed by atoms with Crippen LogP contribution in [0.2, 0.25) is 0 Å². The molecule has 0 fully saturated rings. The molecule has 0 heterocycles. The number of nitrogens with zero attached hydrogens (tertiary/aromatic N) is 1. The third-order valence-corrected chi connectivity index (χ3v) is 3.43. The number of ether oxygens (including phenoxy) is 2. The third kappa shape index (κ3) is 6.00. The van der Waals surface area contributed by atoms with Crippen molar-refractivity contribution in [3.63, 3.8) is 0 Å². The first-order chi connectivity index (χ1) is 13.2. The lowest BCUT2D eigenvalue weighted by Gasteiger charge is -2.08. The molecule has 7 heteroatoms. The molecule has 0 spiro atoms. The van der Waals surface area contributed by atoms with E-state index in [1.165, 1.54) is 13.3 Å². The molecule has 2 amide bonds. The summed E-state index contributed by atoms with van der Waals surface area (Å²) in [5.41, 5.74) is 3.42. The van der Waals surface area contributed by atoms with Crippen LogP contribution in [0.4, 0.5) is 0 Å². The fourth-order valence-corrected chi connectivity index (χ4v) is 2.17. The Labute approximate surface area is 157 Å². The quantitative estimate of drug-likeness (QED) is 0.404. The van der Waals surface area contributed by atoms with E-state index in [4.69, 9.17) is 9.47 Å². The zero-order valence-corrected chi connectivity index (χ0v) is 15.0. The van der Waals surface area contributed by atoms with Crippen molar-refractivity contribution in [1.29, 1.82) is 0 Å². The molecule has 0 unspecified atom stereocenters. The zero-order valence-electron chi connectivity index (χ0n) is 15.0. The van der Waals surface area contributed by atoms with Crippen LogP contribution in [0.25, 0.3) is 0 Å². The SMILES string of the molecule is C=CCOc1ccccc1C=NNC(=O)CNC(=O)c1ccccc1OC. The van der Waals surface area contributed by atoms with Crippen molar-refractivity contribution in [1.82, 2.24) is 10.7 Å². The van der Waals surface area contributed by atoms with Crippen molar-refractivity contribution >= 4 is 18.0 Å². The molecular weight excluding hydrogens is 346 g/mol. The lowest BCUT2D eigenvalue weighted by atomic mass is 10.2. The van der Waals surface area contributed by atoms with Gasteiger partial charge in [0.25, 0.3) is 11.8 Å². The Bertz CT molecular complexity index is 833. The smallest absolute Gasteiger partial charge is 0.259 e. The molecule has 0 saturated carbocycles. The van der Waals surface area contributed by atoms with Gasteiger partial charge in [0.2, 0.25) is 0 Å². The first-order valence-electron chi connectivity index (χ1n) is 8.21. The first-order valence-corrected chi connectivity index (χ1v) is 8.21. The average Bonchev–Trinajstić information content (AvgIpc) is 2.71. The molecule has 0 aliphatic heterocycles. The Kier molecular flexibility index (Phi) is 7.59. The summed E-state index contributed by atoms with van der Waals surface area (Å²) in [6, 6.07) is 14.0. The highest BCUT2D eigenvalue weighted by molar-refractivity contribution is 5.98. The molecule has 0 saturated heterocycles. The number of hydrazone groups is 1. The van der Waals surface area contributed by atoms with Gasteiger partial charge in [-0.1, -0.05) is 36.9 Å². The third-order valence-electron chi connectivity index (χ3n) is 3.43. The number of carbonyl (C=O) groups is 2. The normalized spacial score (nSPS) is 10.3. The van der Waals surface area contributed by atoms with Gasteiger partial charge in [-0.15, -0.1) is 0 Å². The highest BCUT2D eigenvalue weighted by Gasteiger charge is 2.12. The van der Waals surface area contributed by atoms with Crippen LogP contribution in [-0.2, 0) is 4.79 Å². The lowest BCUT2D eigenvalue weighted by Crippen LogP contribution is -2.35. The second-order valence-corrected chi connectivity index (χ2v) is 5.31. The van der Waals surface area contributed by atoms with Gasteiger partial charge in [0, 0.05) is 5.56 Å². The zero-order chi connectivity index (χ0) is 19.5. The lowest BCUT2D eigenvalue weighted by molar-refractivity contribution is -0.120. The van der Waals surface area contributed by atoms with E-state index in [-0.39, 0.29) is 6.54 Å². The fourth-order valence-electron chi connectivity index (χ4n) is 2.17. The van der Waals surface area contributed by atoms with Crippen molar-refractivity contribution in [2.45, 2.75) is 0 Å². The van der Waals surface area contributed by atoms with E-state index in [0.29, 0.717) is 29.2 Å². The number of para-hydroxylation sites is 2. The number of hydrogen-bond donors (Lipinski definition) is 2. The number of amides is 2. The fraction of sp³-hybridized carbons (Fsp3) is 0.150. The largest absolute Gasteiger partial charge is 0.496 e. The van der Waals surface area contributed by atoms with Crippen LogP contribution in [-0.4, -0.2) is 38.3 Å². The second-order valence-electron chi connectivity index (χ2n) is 5.31. The number of nitrogens with one attached hydrogen (secondary N) is 2. The van der Waals surface area contributed by atoms with Gasteiger partial charge < -0.3 is 14.8 Å². The summed E-state index contributed by atoms with van der Waals surface area (Å²) in [6.07, 6.45) is 3.11. The first kappa shape index (κ1) is 19.7. The molecule has 140 valence electrons. The Morgan fingerprint density at radius 3 is 2.56 bits per heavy atom. The number of benzene rings is 2. The van der Waals surface area contributed by atoms with Crippen LogP contribution >= 0.6 is 0 Å². The van der Waals surface area contributed by atoms with Crippen molar-refractivity contribution in [3.8, 4) is 11.5 Å². The standard InChI is InChI=1S/C20H21N3O4/c1-3-12-27-17-10-6-4-8-15(17)13-22-23-19(24)14-21-20(25)16-9-5-7-11-18(16)26-2/h3-11,13H,1,12,14H2,2H3,(H,21,25)(H,23,24). The Morgan fingerprint density at radius 1 is 1.11 bits per heavy atom. The van der Waals surface area contributed by atoms with Crippen molar-refractivity contribution < 1.29 is 19.1 Å². The maximum Gasteiger partial charge on any atom is 0.259 e. The van der Waals surface area contributed by atoms with Gasteiger partial charge in [-0.05, 0) is 24.3 Å². The van der Waals surface area contributed by atoms with Crippen LogP contribution in [0.3, 0.4) is 0 Å². The monoisotopic (exact) mass is 367 g/mol. The van der Waals surface area contributed by atoms with Crippen LogP contribution in [0.15, 0.2) is 66.3 Å². The Morgan fingerprint density at radius 2 is 1.81 bits per heavy atom. The average molecular weight is 367 g/mol. The molecule has 7 nitrogen and oxygen atoms in total. The molecule has 0 aliphatic carbocycles. The summed E-state index contributed by atoms with van der Waals surface area (Å²) in [4.78, 5) is 24.0. The van der Waals surface area contributed by atoms with Crippen LogP contribution in [0.1, 0.15) is 15.9 Å². The summed E-state index contributed by atoms with van der Waals surface area (Å²) in [5, 5.41) is 6.41. The number of hydrogen-bond acceptors (Lipinski definition) is 5. The van der Waals surface area contributed by atoms with E-state index in [1.807, 2.05) is 12.1 Å². The van der Waals surface area contributed by atoms with Gasteiger partial charge in [0.05, 0.1) is 25.4 Å². The van der Waals surface area contributed by atoms with E-state index >= 15 is 0 Å². The molecule has 2 N–H and O–H groups in total. The predicted molar refractivity (Wildman–Crippen MR) is 103 cm³/mol. The molecule has 2 aromatic rings. The van der Waals surface area contributed by atoms with E-state index in [2.05, 4.69) is 22.4 Å². The topological polar surface area (TPSA) is 89.0 Å². The molecule has 0 atom stereocenters. The van der Waals surface area contributed by atoms with Crippen molar-refractivity contribution in [2.75, 3.05) is 20.3 Å². The highest BCUT2D eigenvalue weighted by Crippen LogP contribution is 2.17. The van der Waals surface area contributed by atoms with Gasteiger partial charge >= 0.3 is 0 Å². The molecule has 27 heavy (non-hydrogen) atoms. The maximum atomic E-state index is 12.1. The summed E-state index contributed by atoms with van der Waals surface area (Å²) in [7, 11) is 1.48. The van der Waals surface area contributed by atoms with Crippen molar-refractivity contribution in [2.24, 2.45) is 5.10 Å². The van der Waals surface area contributed by atoms with E-state index in [1.54, 1.807) is 42.5 Å². The van der Waals surface area contributed by atoms with Gasteiger partial charge in [-0.2, -0.15) is 5.10 Å². The van der Waals surface area contributed by atoms with Gasteiger partial charge in [-0.25, -0.2) is 5.43 Å². The predicted octanol–water partition coefficient (Wildman–Crippen LogP) is 2.14. The summed E-state index contributed by atoms with van der Waals surface area (Å²) >= 11 is 0. The summed E-state index contributed by atoms with van der Waals surface area (Å²) < 4.78 is 10.6. The molecular formula is C20H21N3O4. The minimum atomic E-state index is -0.459. The number of methoxy groups -OCH3 is 1. The number of rotatable bonds is 9. The maximum absolute atomic E-state index is 12.1. The molecule has 2 rings (SSSR count).